The van der Waals surface area contributed by atoms with Crippen molar-refractivity contribution in [3.63, 3.8) is 0 Å². The van der Waals surface area contributed by atoms with Crippen LogP contribution in [0.25, 0.3) is 0 Å². The van der Waals surface area contributed by atoms with E-state index in [1.807, 2.05) is 18.2 Å². The summed E-state index contributed by atoms with van der Waals surface area (Å²) >= 11 is 0. The second-order valence-electron chi connectivity index (χ2n) is 7.04. The SMILES string of the molecule is CC(C)(C)c1cccc(C(C)(C)C)c1[O-].[CH2]CCC.[Zn]. The summed E-state index contributed by atoms with van der Waals surface area (Å²) in [5.74, 6) is 0.206. The number of para-hydroxylation sites is 1. The summed E-state index contributed by atoms with van der Waals surface area (Å²) in [5, 5.41) is 12.3. The van der Waals surface area contributed by atoms with Crippen LogP contribution in [0.2, 0.25) is 0 Å². The molecule has 0 heterocycles. The molecule has 0 aliphatic rings. The molecule has 0 aliphatic heterocycles. The molecule has 1 radical (unpaired) electrons. The van der Waals surface area contributed by atoms with E-state index in [-0.39, 0.29) is 36.1 Å². The summed E-state index contributed by atoms with van der Waals surface area (Å²) in [5.41, 5.74) is 1.68. The Kier molecular flexibility index (Phi) is 9.68. The van der Waals surface area contributed by atoms with Crippen LogP contribution in [0.4, 0.5) is 0 Å². The predicted molar refractivity (Wildman–Crippen MR) is 83.6 cm³/mol. The summed E-state index contributed by atoms with van der Waals surface area (Å²) < 4.78 is 0. The van der Waals surface area contributed by atoms with Crippen LogP contribution in [-0.4, -0.2) is 0 Å². The van der Waals surface area contributed by atoms with Crippen molar-refractivity contribution in [1.82, 2.24) is 0 Å². The van der Waals surface area contributed by atoms with Crippen molar-refractivity contribution in [3.05, 3.63) is 36.2 Å². The smallest absolute Gasteiger partial charge is 0 e. The molecule has 0 N–H and O–H groups in total. The van der Waals surface area contributed by atoms with Gasteiger partial charge >= 0.3 is 0 Å². The number of benzene rings is 1. The fraction of sp³-hybridized carbons (Fsp3) is 0.611. The van der Waals surface area contributed by atoms with Crippen molar-refractivity contribution >= 4 is 0 Å². The molecule has 0 unspecified atom stereocenters. The summed E-state index contributed by atoms with van der Waals surface area (Å²) in [6.45, 7) is 18.2. The molecule has 0 aromatic heterocycles. The van der Waals surface area contributed by atoms with Crippen LogP contribution in [0.1, 0.15) is 72.4 Å². The molecule has 2 heteroatoms. The monoisotopic (exact) mass is 326 g/mol. The minimum Gasteiger partial charge on any atom is -0.872 e. The van der Waals surface area contributed by atoms with E-state index in [1.165, 1.54) is 6.42 Å². The zero-order valence-electron chi connectivity index (χ0n) is 14.5. The summed E-state index contributed by atoms with van der Waals surface area (Å²) in [4.78, 5) is 0. The van der Waals surface area contributed by atoms with Gasteiger partial charge in [-0.3, -0.25) is 0 Å². The molecular weight excluding hydrogens is 298 g/mol. The van der Waals surface area contributed by atoms with Gasteiger partial charge in [-0.1, -0.05) is 97.6 Å². The van der Waals surface area contributed by atoms with Crippen LogP contribution >= 0.6 is 0 Å². The molecular formula is C18H30OZn-. The molecule has 1 aromatic rings. The zero-order valence-corrected chi connectivity index (χ0v) is 17.4. The minimum absolute atomic E-state index is 0. The quantitative estimate of drug-likeness (QED) is 0.668. The van der Waals surface area contributed by atoms with E-state index in [0.717, 1.165) is 17.5 Å². The Morgan fingerprint density at radius 3 is 1.45 bits per heavy atom. The minimum atomic E-state index is -0.0711. The van der Waals surface area contributed by atoms with Gasteiger partial charge in [0.25, 0.3) is 0 Å². The van der Waals surface area contributed by atoms with Gasteiger partial charge in [-0.05, 0) is 10.8 Å². The zero-order chi connectivity index (χ0) is 15.3. The Bertz CT molecular complexity index is 349. The normalized spacial score (nSPS) is 11.2. The standard InChI is InChI=1S/C14H22O.C4H9.Zn/c1-13(2,3)10-8-7-9-11(12(10)15)14(4,5)6;1-3-4-2;/h7-9,15H,1-6H3;1,3-4H2,2H3;/p-1. The van der Waals surface area contributed by atoms with Gasteiger partial charge in [-0.25, -0.2) is 0 Å². The van der Waals surface area contributed by atoms with Gasteiger partial charge in [-0.2, -0.15) is 0 Å². The molecule has 0 saturated carbocycles. The van der Waals surface area contributed by atoms with E-state index >= 15 is 0 Å². The first kappa shape index (κ1) is 21.9. The third kappa shape index (κ3) is 6.88. The Morgan fingerprint density at radius 2 is 1.25 bits per heavy atom. The molecule has 0 amide bonds. The molecule has 1 nitrogen and oxygen atoms in total. The topological polar surface area (TPSA) is 23.1 Å². The van der Waals surface area contributed by atoms with Gasteiger partial charge in [0.15, 0.2) is 0 Å². The van der Waals surface area contributed by atoms with E-state index in [1.54, 1.807) is 0 Å². The van der Waals surface area contributed by atoms with Crippen LogP contribution in [0.3, 0.4) is 0 Å². The number of hydrogen-bond acceptors (Lipinski definition) is 1. The Balaban J connectivity index is 0. The van der Waals surface area contributed by atoms with Crippen molar-refractivity contribution in [2.24, 2.45) is 0 Å². The molecule has 1 rings (SSSR count). The van der Waals surface area contributed by atoms with Crippen molar-refractivity contribution in [2.45, 2.75) is 72.1 Å². The van der Waals surface area contributed by atoms with Gasteiger partial charge in [0.1, 0.15) is 0 Å². The molecule has 0 atom stereocenters. The third-order valence-electron chi connectivity index (χ3n) is 2.98. The average molecular weight is 328 g/mol. The maximum atomic E-state index is 12.3. The second kappa shape index (κ2) is 8.83. The molecule has 0 aliphatic carbocycles. The van der Waals surface area contributed by atoms with E-state index < -0.39 is 0 Å². The van der Waals surface area contributed by atoms with E-state index in [9.17, 15) is 5.11 Å². The van der Waals surface area contributed by atoms with Gasteiger partial charge < -0.3 is 5.11 Å². The van der Waals surface area contributed by atoms with Crippen molar-refractivity contribution in [1.29, 1.82) is 0 Å². The Hall–Kier alpha value is -0.357. The van der Waals surface area contributed by atoms with E-state index in [2.05, 4.69) is 55.4 Å². The maximum Gasteiger partial charge on any atom is 0 e. The van der Waals surface area contributed by atoms with E-state index in [4.69, 9.17) is 0 Å². The van der Waals surface area contributed by atoms with Crippen LogP contribution in [0, 0.1) is 6.92 Å². The van der Waals surface area contributed by atoms with Crippen LogP contribution in [0.15, 0.2) is 18.2 Å². The molecule has 0 spiro atoms. The fourth-order valence-corrected chi connectivity index (χ4v) is 1.72. The van der Waals surface area contributed by atoms with Gasteiger partial charge in [0, 0.05) is 19.5 Å². The second-order valence-corrected chi connectivity index (χ2v) is 7.04. The van der Waals surface area contributed by atoms with Gasteiger partial charge in [0.2, 0.25) is 0 Å². The first-order valence-electron chi connectivity index (χ1n) is 7.16. The number of hydrogen-bond donors (Lipinski definition) is 0. The molecule has 0 saturated heterocycles. The first-order chi connectivity index (χ1) is 8.55. The maximum absolute atomic E-state index is 12.3. The average Bonchev–Trinajstić information content (AvgIpc) is 2.26. The summed E-state index contributed by atoms with van der Waals surface area (Å²) in [6, 6.07) is 5.87. The van der Waals surface area contributed by atoms with Crippen molar-refractivity contribution in [2.75, 3.05) is 0 Å². The first-order valence-corrected chi connectivity index (χ1v) is 7.16. The van der Waals surface area contributed by atoms with Crippen molar-refractivity contribution < 1.29 is 24.6 Å². The number of unbranched alkanes of at least 4 members (excludes halogenated alkanes) is 1. The van der Waals surface area contributed by atoms with Crippen molar-refractivity contribution in [3.8, 4) is 5.75 Å². The van der Waals surface area contributed by atoms with Gasteiger partial charge in [-0.15, -0.1) is 5.75 Å². The Labute approximate surface area is 138 Å². The van der Waals surface area contributed by atoms with Crippen LogP contribution in [-0.2, 0) is 30.3 Å². The van der Waals surface area contributed by atoms with E-state index in [0.29, 0.717) is 0 Å². The van der Waals surface area contributed by atoms with Crippen LogP contribution < -0.4 is 5.11 Å². The third-order valence-corrected chi connectivity index (χ3v) is 2.98. The molecule has 111 valence electrons. The number of rotatable bonds is 1. The van der Waals surface area contributed by atoms with Crippen LogP contribution in [0.5, 0.6) is 5.75 Å². The summed E-state index contributed by atoms with van der Waals surface area (Å²) in [6.07, 6.45) is 2.28. The molecule has 0 fully saturated rings. The van der Waals surface area contributed by atoms with Gasteiger partial charge in [0.05, 0.1) is 0 Å². The Morgan fingerprint density at radius 1 is 0.950 bits per heavy atom. The predicted octanol–water partition coefficient (Wildman–Crippen LogP) is 4.97. The largest absolute Gasteiger partial charge is 0.872 e. The molecule has 0 bridgehead atoms. The molecule has 20 heavy (non-hydrogen) atoms. The fourth-order valence-electron chi connectivity index (χ4n) is 1.72. The summed E-state index contributed by atoms with van der Waals surface area (Å²) in [7, 11) is 0. The molecule has 1 aromatic carbocycles.